The number of rotatable bonds is 1. The maximum Gasteiger partial charge on any atom is 0.408 e. The Morgan fingerprint density at radius 2 is 1.90 bits per heavy atom. The van der Waals surface area contributed by atoms with E-state index in [1.165, 1.54) is 0 Å². The van der Waals surface area contributed by atoms with Crippen molar-refractivity contribution in [3.63, 3.8) is 0 Å². The van der Waals surface area contributed by atoms with Crippen molar-refractivity contribution in [1.82, 2.24) is 4.90 Å². The van der Waals surface area contributed by atoms with Crippen LogP contribution in [0.1, 0.15) is 34.3 Å². The van der Waals surface area contributed by atoms with E-state index < -0.39 is 24.2 Å². The molecule has 1 aromatic rings. The molecule has 1 aliphatic heterocycles. The van der Waals surface area contributed by atoms with Crippen LogP contribution in [0.25, 0.3) is 0 Å². The van der Waals surface area contributed by atoms with Gasteiger partial charge >= 0.3 is 6.18 Å². The Hall–Kier alpha value is -1.56. The second-order valence-electron chi connectivity index (χ2n) is 5.65. The van der Waals surface area contributed by atoms with Gasteiger partial charge in [0.05, 0.1) is 0 Å². The Labute approximate surface area is 121 Å². The van der Waals surface area contributed by atoms with Crippen molar-refractivity contribution in [2.45, 2.75) is 44.9 Å². The van der Waals surface area contributed by atoms with E-state index in [0.29, 0.717) is 0 Å². The lowest BCUT2D eigenvalue weighted by molar-refractivity contribution is -0.184. The van der Waals surface area contributed by atoms with Gasteiger partial charge in [0.1, 0.15) is 6.04 Å². The van der Waals surface area contributed by atoms with E-state index in [0.717, 1.165) is 16.0 Å². The minimum absolute atomic E-state index is 0.0596. The lowest BCUT2D eigenvalue weighted by Gasteiger charge is -2.39. The molecule has 0 bridgehead atoms. The normalized spacial score (nSPS) is 23.2. The lowest BCUT2D eigenvalue weighted by Crippen LogP contribution is -2.56. The summed E-state index contributed by atoms with van der Waals surface area (Å²) in [6, 6.07) is 2.80. The number of benzene rings is 1. The standard InChI is InChI=1S/C15H19F3N2O/c1-9-3-4-11(7-10(9)2)14(21)20-8-12(19)5-6-13(20)15(16,17)18/h3-4,7,12-13H,5-6,8,19H2,1-2H3/t12-,13-/m1/s1. The fourth-order valence-corrected chi connectivity index (χ4v) is 2.60. The van der Waals surface area contributed by atoms with Crippen LogP contribution in [0, 0.1) is 13.8 Å². The Morgan fingerprint density at radius 1 is 1.24 bits per heavy atom. The Bertz CT molecular complexity index is 542. The first-order valence-corrected chi connectivity index (χ1v) is 6.90. The van der Waals surface area contributed by atoms with Crippen LogP contribution in [0.2, 0.25) is 0 Å². The summed E-state index contributed by atoms with van der Waals surface area (Å²) in [7, 11) is 0. The Balaban J connectivity index is 2.31. The maximum atomic E-state index is 13.1. The summed E-state index contributed by atoms with van der Waals surface area (Å²) in [6.45, 7) is 3.66. The van der Waals surface area contributed by atoms with E-state index in [1.54, 1.807) is 18.2 Å². The monoisotopic (exact) mass is 300 g/mol. The van der Waals surface area contributed by atoms with Crippen molar-refractivity contribution >= 4 is 5.91 Å². The van der Waals surface area contributed by atoms with Gasteiger partial charge in [0, 0.05) is 18.2 Å². The number of nitrogens with zero attached hydrogens (tertiary/aromatic N) is 1. The fourth-order valence-electron chi connectivity index (χ4n) is 2.60. The molecule has 1 aliphatic rings. The molecule has 1 fully saturated rings. The van der Waals surface area contributed by atoms with Crippen LogP contribution < -0.4 is 5.73 Å². The molecule has 1 amide bonds. The first kappa shape index (κ1) is 15.8. The third kappa shape index (κ3) is 3.37. The molecule has 0 spiro atoms. The molecule has 0 saturated carbocycles. The molecule has 1 saturated heterocycles. The van der Waals surface area contributed by atoms with Gasteiger partial charge in [0.15, 0.2) is 0 Å². The van der Waals surface area contributed by atoms with Crippen molar-refractivity contribution in [2.75, 3.05) is 6.54 Å². The number of hydrogen-bond donors (Lipinski definition) is 1. The minimum atomic E-state index is -4.42. The molecule has 0 aromatic heterocycles. The number of alkyl halides is 3. The van der Waals surface area contributed by atoms with Gasteiger partial charge in [-0.25, -0.2) is 0 Å². The Morgan fingerprint density at radius 3 is 2.48 bits per heavy atom. The first-order valence-electron chi connectivity index (χ1n) is 6.90. The molecule has 6 heteroatoms. The van der Waals surface area contributed by atoms with Crippen LogP contribution in [0.15, 0.2) is 18.2 Å². The number of amides is 1. The number of halogens is 3. The molecule has 2 N–H and O–H groups in total. The maximum absolute atomic E-state index is 13.1. The van der Waals surface area contributed by atoms with Gasteiger partial charge in [-0.15, -0.1) is 0 Å². The van der Waals surface area contributed by atoms with Gasteiger partial charge in [0.25, 0.3) is 5.91 Å². The molecule has 3 nitrogen and oxygen atoms in total. The average molecular weight is 300 g/mol. The SMILES string of the molecule is Cc1ccc(C(=O)N2C[C@H](N)CC[C@@H]2C(F)(F)F)cc1C. The van der Waals surface area contributed by atoms with Crippen LogP contribution in [0.3, 0.4) is 0 Å². The fraction of sp³-hybridized carbons (Fsp3) is 0.533. The molecule has 2 rings (SSSR count). The molecule has 0 aliphatic carbocycles. The third-order valence-corrected chi connectivity index (χ3v) is 4.01. The number of carbonyl (C=O) groups is 1. The molecular weight excluding hydrogens is 281 g/mol. The largest absolute Gasteiger partial charge is 0.408 e. The third-order valence-electron chi connectivity index (χ3n) is 4.01. The van der Waals surface area contributed by atoms with E-state index in [2.05, 4.69) is 0 Å². The van der Waals surface area contributed by atoms with Crippen LogP contribution in [0.5, 0.6) is 0 Å². The minimum Gasteiger partial charge on any atom is -0.326 e. The molecular formula is C15H19F3N2O. The molecule has 116 valence electrons. The van der Waals surface area contributed by atoms with Gasteiger partial charge in [0.2, 0.25) is 0 Å². The highest BCUT2D eigenvalue weighted by molar-refractivity contribution is 5.94. The number of likely N-dealkylation sites (tertiary alicyclic amines) is 1. The quantitative estimate of drug-likeness (QED) is 0.867. The van der Waals surface area contributed by atoms with Crippen molar-refractivity contribution < 1.29 is 18.0 Å². The summed E-state index contributed by atoms with van der Waals surface area (Å²) >= 11 is 0. The van der Waals surface area contributed by atoms with E-state index in [1.807, 2.05) is 13.8 Å². The Kier molecular flexibility index (Phi) is 4.27. The van der Waals surface area contributed by atoms with E-state index in [-0.39, 0.29) is 24.9 Å². The van der Waals surface area contributed by atoms with Crippen LogP contribution >= 0.6 is 0 Å². The first-order chi connectivity index (χ1) is 9.70. The number of nitrogens with two attached hydrogens (primary N) is 1. The number of piperidine rings is 1. The predicted molar refractivity (Wildman–Crippen MR) is 74.0 cm³/mol. The summed E-state index contributed by atoms with van der Waals surface area (Å²) in [6.07, 6.45) is -4.28. The molecule has 21 heavy (non-hydrogen) atoms. The van der Waals surface area contributed by atoms with Gasteiger partial charge in [-0.1, -0.05) is 6.07 Å². The van der Waals surface area contributed by atoms with Crippen molar-refractivity contribution in [3.8, 4) is 0 Å². The summed E-state index contributed by atoms with van der Waals surface area (Å²) in [5.41, 5.74) is 7.89. The summed E-state index contributed by atoms with van der Waals surface area (Å²) in [5.74, 6) is -0.601. The molecule has 1 aromatic carbocycles. The molecule has 0 radical (unpaired) electrons. The van der Waals surface area contributed by atoms with Gasteiger partial charge in [-0.05, 0) is 49.9 Å². The zero-order valence-corrected chi connectivity index (χ0v) is 12.1. The highest BCUT2D eigenvalue weighted by atomic mass is 19.4. The molecule has 2 atom stereocenters. The smallest absolute Gasteiger partial charge is 0.326 e. The molecule has 0 unspecified atom stereocenters. The van der Waals surface area contributed by atoms with E-state index >= 15 is 0 Å². The van der Waals surface area contributed by atoms with E-state index in [4.69, 9.17) is 5.73 Å². The zero-order chi connectivity index (χ0) is 15.8. The van der Waals surface area contributed by atoms with Crippen molar-refractivity contribution in [1.29, 1.82) is 0 Å². The predicted octanol–water partition coefficient (Wildman–Crippen LogP) is 2.80. The molecule has 1 heterocycles. The van der Waals surface area contributed by atoms with Crippen molar-refractivity contribution in [2.24, 2.45) is 5.73 Å². The van der Waals surface area contributed by atoms with Gasteiger partial charge < -0.3 is 10.6 Å². The number of hydrogen-bond acceptors (Lipinski definition) is 2. The average Bonchev–Trinajstić information content (AvgIpc) is 2.39. The van der Waals surface area contributed by atoms with Gasteiger partial charge in [-0.2, -0.15) is 13.2 Å². The highest BCUT2D eigenvalue weighted by Crippen LogP contribution is 2.32. The van der Waals surface area contributed by atoms with Gasteiger partial charge in [-0.3, -0.25) is 4.79 Å². The van der Waals surface area contributed by atoms with E-state index in [9.17, 15) is 18.0 Å². The summed E-state index contributed by atoms with van der Waals surface area (Å²) in [4.78, 5) is 13.3. The number of carbonyl (C=O) groups excluding carboxylic acids is 1. The highest BCUT2D eigenvalue weighted by Gasteiger charge is 2.47. The second kappa shape index (κ2) is 5.67. The topological polar surface area (TPSA) is 46.3 Å². The van der Waals surface area contributed by atoms with Crippen LogP contribution in [0.4, 0.5) is 13.2 Å². The van der Waals surface area contributed by atoms with Crippen LogP contribution in [-0.4, -0.2) is 35.6 Å². The van der Waals surface area contributed by atoms with Crippen molar-refractivity contribution in [3.05, 3.63) is 34.9 Å². The summed E-state index contributed by atoms with van der Waals surface area (Å²) in [5, 5.41) is 0. The lowest BCUT2D eigenvalue weighted by atomic mass is 9.96. The number of aryl methyl sites for hydroxylation is 2. The zero-order valence-electron chi connectivity index (χ0n) is 12.1. The van der Waals surface area contributed by atoms with Crippen LogP contribution in [-0.2, 0) is 0 Å². The summed E-state index contributed by atoms with van der Waals surface area (Å²) < 4.78 is 39.3. The second-order valence-corrected chi connectivity index (χ2v) is 5.65.